The second kappa shape index (κ2) is 7.18. The molecule has 1 N–H and O–H groups in total. The average molecular weight is 254 g/mol. The van der Waals surface area contributed by atoms with Crippen molar-refractivity contribution < 1.29 is 13.9 Å². The van der Waals surface area contributed by atoms with E-state index in [4.69, 9.17) is 9.15 Å². The van der Waals surface area contributed by atoms with E-state index in [1.807, 2.05) is 38.1 Å². The van der Waals surface area contributed by atoms with Crippen molar-refractivity contribution in [3.63, 3.8) is 0 Å². The number of amides is 1. The van der Waals surface area contributed by atoms with Gasteiger partial charge in [0.05, 0.1) is 12.3 Å². The SMILES string of the molecule is CCO[C@H](C)C(=O)NC[C@H](c1ccco1)N(C)C. The lowest BCUT2D eigenvalue weighted by atomic mass is 10.2. The van der Waals surface area contributed by atoms with Crippen LogP contribution in [0.1, 0.15) is 25.6 Å². The number of rotatable bonds is 7. The second-order valence-corrected chi connectivity index (χ2v) is 4.34. The number of nitrogens with zero attached hydrogens (tertiary/aromatic N) is 1. The number of likely N-dealkylation sites (N-methyl/N-ethyl adjacent to an activating group) is 1. The number of hydrogen-bond donors (Lipinski definition) is 1. The van der Waals surface area contributed by atoms with Crippen molar-refractivity contribution in [1.29, 1.82) is 0 Å². The van der Waals surface area contributed by atoms with Gasteiger partial charge in [0.25, 0.3) is 0 Å². The Morgan fingerprint density at radius 3 is 2.78 bits per heavy atom. The van der Waals surface area contributed by atoms with Crippen LogP contribution in [0.25, 0.3) is 0 Å². The Kier molecular flexibility index (Phi) is 5.88. The van der Waals surface area contributed by atoms with Crippen molar-refractivity contribution in [2.45, 2.75) is 26.0 Å². The largest absolute Gasteiger partial charge is 0.468 e. The van der Waals surface area contributed by atoms with E-state index in [2.05, 4.69) is 5.32 Å². The van der Waals surface area contributed by atoms with E-state index in [-0.39, 0.29) is 11.9 Å². The summed E-state index contributed by atoms with van der Waals surface area (Å²) in [5.74, 6) is 0.736. The molecule has 5 heteroatoms. The van der Waals surface area contributed by atoms with E-state index >= 15 is 0 Å². The highest BCUT2D eigenvalue weighted by atomic mass is 16.5. The van der Waals surface area contributed by atoms with Gasteiger partial charge in [0, 0.05) is 13.2 Å². The fraction of sp³-hybridized carbons (Fsp3) is 0.615. The number of nitrogens with one attached hydrogen (secondary N) is 1. The smallest absolute Gasteiger partial charge is 0.248 e. The van der Waals surface area contributed by atoms with Crippen LogP contribution in [0.15, 0.2) is 22.8 Å². The molecule has 1 heterocycles. The molecule has 0 radical (unpaired) electrons. The summed E-state index contributed by atoms with van der Waals surface area (Å²) in [6.45, 7) is 4.65. The quantitative estimate of drug-likeness (QED) is 0.799. The molecule has 0 aliphatic heterocycles. The van der Waals surface area contributed by atoms with Crippen LogP contribution in [-0.2, 0) is 9.53 Å². The lowest BCUT2D eigenvalue weighted by Crippen LogP contribution is -2.39. The van der Waals surface area contributed by atoms with Gasteiger partial charge in [0.2, 0.25) is 5.91 Å². The number of hydrogen-bond acceptors (Lipinski definition) is 4. The Hall–Kier alpha value is -1.33. The summed E-state index contributed by atoms with van der Waals surface area (Å²) in [4.78, 5) is 13.7. The number of carbonyl (C=O) groups excluding carboxylic acids is 1. The maximum absolute atomic E-state index is 11.7. The predicted octanol–water partition coefficient (Wildman–Crippen LogP) is 1.42. The molecule has 0 saturated heterocycles. The molecule has 0 aromatic carbocycles. The third-order valence-electron chi connectivity index (χ3n) is 2.75. The van der Waals surface area contributed by atoms with Gasteiger partial charge >= 0.3 is 0 Å². The Morgan fingerprint density at radius 2 is 2.28 bits per heavy atom. The van der Waals surface area contributed by atoms with Crippen LogP contribution in [-0.4, -0.2) is 44.2 Å². The van der Waals surface area contributed by atoms with Gasteiger partial charge in [-0.1, -0.05) is 0 Å². The summed E-state index contributed by atoms with van der Waals surface area (Å²) < 4.78 is 10.6. The van der Waals surface area contributed by atoms with E-state index in [9.17, 15) is 4.79 Å². The zero-order chi connectivity index (χ0) is 13.5. The molecule has 0 unspecified atom stereocenters. The Balaban J connectivity index is 2.51. The molecule has 0 bridgehead atoms. The van der Waals surface area contributed by atoms with Crippen LogP contribution in [0.3, 0.4) is 0 Å². The molecule has 0 saturated carbocycles. The van der Waals surface area contributed by atoms with E-state index in [1.165, 1.54) is 0 Å². The fourth-order valence-electron chi connectivity index (χ4n) is 1.69. The third-order valence-corrected chi connectivity index (χ3v) is 2.75. The molecule has 1 rings (SSSR count). The molecular formula is C13H22N2O3. The first kappa shape index (κ1) is 14.7. The van der Waals surface area contributed by atoms with Crippen LogP contribution < -0.4 is 5.32 Å². The number of furan rings is 1. The van der Waals surface area contributed by atoms with Crippen LogP contribution >= 0.6 is 0 Å². The summed E-state index contributed by atoms with van der Waals surface area (Å²) in [7, 11) is 3.90. The van der Waals surface area contributed by atoms with Gasteiger partial charge in [-0.05, 0) is 40.1 Å². The summed E-state index contributed by atoms with van der Waals surface area (Å²) in [5.41, 5.74) is 0. The molecule has 102 valence electrons. The molecule has 0 aliphatic carbocycles. The Bertz CT molecular complexity index is 349. The molecule has 0 aliphatic rings. The minimum atomic E-state index is -0.422. The average Bonchev–Trinajstić information content (AvgIpc) is 2.82. The normalized spacial score (nSPS) is 14.5. The Morgan fingerprint density at radius 1 is 1.56 bits per heavy atom. The van der Waals surface area contributed by atoms with Gasteiger partial charge in [-0.25, -0.2) is 0 Å². The summed E-state index contributed by atoms with van der Waals surface area (Å²) in [6.07, 6.45) is 1.21. The van der Waals surface area contributed by atoms with Gasteiger partial charge in [0.15, 0.2) is 0 Å². The lowest BCUT2D eigenvalue weighted by Gasteiger charge is -2.23. The molecular weight excluding hydrogens is 232 g/mol. The monoisotopic (exact) mass is 254 g/mol. The van der Waals surface area contributed by atoms with Crippen LogP contribution in [0.5, 0.6) is 0 Å². The van der Waals surface area contributed by atoms with Crippen molar-refractivity contribution in [2.24, 2.45) is 0 Å². The van der Waals surface area contributed by atoms with Crippen molar-refractivity contribution >= 4 is 5.91 Å². The molecule has 5 nitrogen and oxygen atoms in total. The zero-order valence-electron chi connectivity index (χ0n) is 11.5. The van der Waals surface area contributed by atoms with Crippen molar-refractivity contribution in [1.82, 2.24) is 10.2 Å². The van der Waals surface area contributed by atoms with Gasteiger partial charge in [0.1, 0.15) is 11.9 Å². The van der Waals surface area contributed by atoms with E-state index in [0.29, 0.717) is 13.2 Å². The van der Waals surface area contributed by atoms with Gasteiger partial charge < -0.3 is 14.5 Å². The first-order valence-electron chi connectivity index (χ1n) is 6.15. The standard InChI is InChI=1S/C13H22N2O3/c1-5-17-10(2)13(16)14-9-11(15(3)4)12-7-6-8-18-12/h6-8,10-11H,5,9H2,1-4H3,(H,14,16)/t10-,11-/m1/s1. The molecule has 2 atom stereocenters. The second-order valence-electron chi connectivity index (χ2n) is 4.34. The zero-order valence-corrected chi connectivity index (χ0v) is 11.5. The molecule has 1 aromatic rings. The number of ether oxygens (including phenoxy) is 1. The maximum Gasteiger partial charge on any atom is 0.248 e. The summed E-state index contributed by atoms with van der Waals surface area (Å²) >= 11 is 0. The van der Waals surface area contributed by atoms with E-state index in [1.54, 1.807) is 13.2 Å². The third kappa shape index (κ3) is 4.16. The van der Waals surface area contributed by atoms with Crippen molar-refractivity contribution in [3.8, 4) is 0 Å². The molecule has 0 fully saturated rings. The van der Waals surface area contributed by atoms with Crippen LogP contribution in [0.2, 0.25) is 0 Å². The van der Waals surface area contributed by atoms with Gasteiger partial charge in [-0.2, -0.15) is 0 Å². The fourth-order valence-corrected chi connectivity index (χ4v) is 1.69. The highest BCUT2D eigenvalue weighted by Crippen LogP contribution is 2.17. The van der Waals surface area contributed by atoms with Crippen LogP contribution in [0.4, 0.5) is 0 Å². The minimum absolute atomic E-state index is 0.0257. The molecule has 0 spiro atoms. The van der Waals surface area contributed by atoms with Gasteiger partial charge in [-0.15, -0.1) is 0 Å². The first-order valence-corrected chi connectivity index (χ1v) is 6.15. The van der Waals surface area contributed by atoms with E-state index < -0.39 is 6.10 Å². The molecule has 1 aromatic heterocycles. The van der Waals surface area contributed by atoms with Crippen LogP contribution in [0, 0.1) is 0 Å². The van der Waals surface area contributed by atoms with Crippen molar-refractivity contribution in [3.05, 3.63) is 24.2 Å². The highest BCUT2D eigenvalue weighted by molar-refractivity contribution is 5.80. The highest BCUT2D eigenvalue weighted by Gasteiger charge is 2.19. The number of carbonyl (C=O) groups is 1. The van der Waals surface area contributed by atoms with E-state index in [0.717, 1.165) is 5.76 Å². The van der Waals surface area contributed by atoms with Gasteiger partial charge in [-0.3, -0.25) is 9.69 Å². The van der Waals surface area contributed by atoms with Crippen molar-refractivity contribution in [2.75, 3.05) is 27.2 Å². The predicted molar refractivity (Wildman–Crippen MR) is 69.2 cm³/mol. The summed E-state index contributed by atoms with van der Waals surface area (Å²) in [6, 6.07) is 3.77. The Labute approximate surface area is 108 Å². The topological polar surface area (TPSA) is 54.7 Å². The first-order chi connectivity index (χ1) is 8.56. The lowest BCUT2D eigenvalue weighted by molar-refractivity contribution is -0.131. The minimum Gasteiger partial charge on any atom is -0.468 e. The molecule has 18 heavy (non-hydrogen) atoms. The summed E-state index contributed by atoms with van der Waals surface area (Å²) in [5, 5.41) is 2.87. The maximum atomic E-state index is 11.7. The molecule has 1 amide bonds.